The van der Waals surface area contributed by atoms with Crippen LogP contribution in [0.2, 0.25) is 5.02 Å². The van der Waals surface area contributed by atoms with Gasteiger partial charge in [0, 0.05) is 43.4 Å². The highest BCUT2D eigenvalue weighted by atomic mass is 35.5. The van der Waals surface area contributed by atoms with Crippen molar-refractivity contribution in [3.63, 3.8) is 0 Å². The Morgan fingerprint density at radius 3 is 2.89 bits per heavy atom. The fourth-order valence-electron chi connectivity index (χ4n) is 2.07. The SMILES string of the molecule is COCC(C)CNCc1[nH]c2ccccc2c1Cl. The lowest BCUT2D eigenvalue weighted by Crippen LogP contribution is -2.23. The molecule has 0 spiro atoms. The number of nitrogens with one attached hydrogen (secondary N) is 2. The van der Waals surface area contributed by atoms with E-state index in [0.717, 1.165) is 41.3 Å². The van der Waals surface area contributed by atoms with Crippen molar-refractivity contribution in [1.82, 2.24) is 10.3 Å². The molecule has 0 bridgehead atoms. The van der Waals surface area contributed by atoms with E-state index in [-0.39, 0.29) is 0 Å². The van der Waals surface area contributed by atoms with E-state index in [4.69, 9.17) is 16.3 Å². The van der Waals surface area contributed by atoms with Crippen LogP contribution in [0, 0.1) is 5.92 Å². The average Bonchev–Trinajstić information content (AvgIpc) is 2.68. The van der Waals surface area contributed by atoms with Crippen LogP contribution in [-0.2, 0) is 11.3 Å². The number of ether oxygens (including phenoxy) is 1. The van der Waals surface area contributed by atoms with Crippen LogP contribution in [0.5, 0.6) is 0 Å². The van der Waals surface area contributed by atoms with Gasteiger partial charge in [0.2, 0.25) is 0 Å². The molecule has 1 aromatic heterocycles. The van der Waals surface area contributed by atoms with Gasteiger partial charge in [0.25, 0.3) is 0 Å². The molecule has 0 saturated heterocycles. The summed E-state index contributed by atoms with van der Waals surface area (Å²) in [7, 11) is 1.73. The number of methoxy groups -OCH3 is 1. The summed E-state index contributed by atoms with van der Waals surface area (Å²) >= 11 is 6.34. The Hall–Kier alpha value is -1.03. The topological polar surface area (TPSA) is 37.0 Å². The van der Waals surface area contributed by atoms with E-state index in [0.29, 0.717) is 5.92 Å². The number of rotatable bonds is 6. The van der Waals surface area contributed by atoms with Crippen LogP contribution in [0.1, 0.15) is 12.6 Å². The highest BCUT2D eigenvalue weighted by Crippen LogP contribution is 2.26. The van der Waals surface area contributed by atoms with Crippen LogP contribution in [0.25, 0.3) is 10.9 Å². The zero-order valence-electron chi connectivity index (χ0n) is 10.8. The molecule has 0 aliphatic heterocycles. The van der Waals surface area contributed by atoms with Crippen molar-refractivity contribution in [3.8, 4) is 0 Å². The molecule has 1 atom stereocenters. The molecule has 2 rings (SSSR count). The largest absolute Gasteiger partial charge is 0.384 e. The molecule has 1 aromatic carbocycles. The zero-order valence-corrected chi connectivity index (χ0v) is 11.6. The van der Waals surface area contributed by atoms with Gasteiger partial charge in [0.05, 0.1) is 5.02 Å². The van der Waals surface area contributed by atoms with Gasteiger partial charge in [-0.05, 0) is 12.0 Å². The second kappa shape index (κ2) is 6.23. The molecule has 3 nitrogen and oxygen atoms in total. The first-order valence-electron chi connectivity index (χ1n) is 6.17. The van der Waals surface area contributed by atoms with Gasteiger partial charge < -0.3 is 15.0 Å². The zero-order chi connectivity index (χ0) is 13.0. The Bertz CT molecular complexity index is 509. The van der Waals surface area contributed by atoms with Crippen molar-refractivity contribution in [2.45, 2.75) is 13.5 Å². The Morgan fingerprint density at radius 1 is 1.39 bits per heavy atom. The monoisotopic (exact) mass is 266 g/mol. The van der Waals surface area contributed by atoms with Gasteiger partial charge in [-0.2, -0.15) is 0 Å². The molecule has 1 heterocycles. The fraction of sp³-hybridized carbons (Fsp3) is 0.429. The summed E-state index contributed by atoms with van der Waals surface area (Å²) < 4.78 is 5.10. The maximum absolute atomic E-state index is 6.34. The van der Waals surface area contributed by atoms with Crippen LogP contribution >= 0.6 is 11.6 Å². The first-order valence-corrected chi connectivity index (χ1v) is 6.55. The lowest BCUT2D eigenvalue weighted by molar-refractivity contribution is 0.158. The fourth-order valence-corrected chi connectivity index (χ4v) is 2.35. The molecule has 0 fully saturated rings. The van der Waals surface area contributed by atoms with E-state index in [1.807, 2.05) is 24.3 Å². The Kier molecular flexibility index (Phi) is 4.64. The number of benzene rings is 1. The molecule has 98 valence electrons. The summed E-state index contributed by atoms with van der Waals surface area (Å²) in [5, 5.41) is 5.29. The van der Waals surface area contributed by atoms with Crippen LogP contribution in [0.15, 0.2) is 24.3 Å². The molecule has 1 unspecified atom stereocenters. The smallest absolute Gasteiger partial charge is 0.0705 e. The maximum Gasteiger partial charge on any atom is 0.0705 e. The first kappa shape index (κ1) is 13.4. The van der Waals surface area contributed by atoms with Gasteiger partial charge in [0.15, 0.2) is 0 Å². The van der Waals surface area contributed by atoms with Gasteiger partial charge in [0.1, 0.15) is 0 Å². The maximum atomic E-state index is 6.34. The summed E-state index contributed by atoms with van der Waals surface area (Å²) in [6.07, 6.45) is 0. The lowest BCUT2D eigenvalue weighted by Gasteiger charge is -2.10. The minimum atomic E-state index is 0.498. The molecule has 18 heavy (non-hydrogen) atoms. The van der Waals surface area contributed by atoms with Crippen molar-refractivity contribution >= 4 is 22.5 Å². The van der Waals surface area contributed by atoms with E-state index >= 15 is 0 Å². The molecule has 2 aromatic rings. The number of hydrogen-bond donors (Lipinski definition) is 2. The standard InChI is InChI=1S/C14H19ClN2O/c1-10(9-18-2)7-16-8-13-14(15)11-5-3-4-6-12(11)17-13/h3-6,10,16-17H,7-9H2,1-2H3. The van der Waals surface area contributed by atoms with Gasteiger partial charge >= 0.3 is 0 Å². The first-order chi connectivity index (χ1) is 8.72. The Balaban J connectivity index is 1.97. The second-order valence-electron chi connectivity index (χ2n) is 4.65. The molecule has 0 amide bonds. The summed E-state index contributed by atoms with van der Waals surface area (Å²) in [4.78, 5) is 3.34. The van der Waals surface area contributed by atoms with Crippen LogP contribution < -0.4 is 5.32 Å². The van der Waals surface area contributed by atoms with E-state index < -0.39 is 0 Å². The van der Waals surface area contributed by atoms with Gasteiger partial charge in [-0.25, -0.2) is 0 Å². The summed E-state index contributed by atoms with van der Waals surface area (Å²) in [5.74, 6) is 0.498. The molecule has 0 aliphatic rings. The van der Waals surface area contributed by atoms with E-state index in [1.165, 1.54) is 0 Å². The molecule has 4 heteroatoms. The summed E-state index contributed by atoms with van der Waals surface area (Å²) in [6.45, 7) is 4.60. The molecular formula is C14H19ClN2O. The van der Waals surface area contributed by atoms with Gasteiger partial charge in [-0.3, -0.25) is 0 Å². The number of para-hydroxylation sites is 1. The molecular weight excluding hydrogens is 248 g/mol. The van der Waals surface area contributed by atoms with E-state index in [1.54, 1.807) is 7.11 Å². The predicted molar refractivity (Wildman–Crippen MR) is 76.1 cm³/mol. The van der Waals surface area contributed by atoms with Crippen LogP contribution in [0.3, 0.4) is 0 Å². The highest BCUT2D eigenvalue weighted by Gasteiger charge is 2.08. The molecule has 0 radical (unpaired) electrons. The minimum Gasteiger partial charge on any atom is -0.384 e. The van der Waals surface area contributed by atoms with Crippen molar-refractivity contribution in [2.75, 3.05) is 20.3 Å². The Morgan fingerprint density at radius 2 is 2.17 bits per heavy atom. The second-order valence-corrected chi connectivity index (χ2v) is 5.03. The third-order valence-electron chi connectivity index (χ3n) is 2.96. The highest BCUT2D eigenvalue weighted by molar-refractivity contribution is 6.36. The van der Waals surface area contributed by atoms with Crippen LogP contribution in [0.4, 0.5) is 0 Å². The lowest BCUT2D eigenvalue weighted by atomic mass is 10.2. The third kappa shape index (κ3) is 3.05. The van der Waals surface area contributed by atoms with E-state index in [9.17, 15) is 0 Å². The van der Waals surface area contributed by atoms with Crippen molar-refractivity contribution in [1.29, 1.82) is 0 Å². The molecule has 2 N–H and O–H groups in total. The minimum absolute atomic E-state index is 0.498. The Labute approximate surface area is 112 Å². The van der Waals surface area contributed by atoms with Gasteiger partial charge in [-0.1, -0.05) is 36.7 Å². The van der Waals surface area contributed by atoms with Crippen molar-refractivity contribution in [3.05, 3.63) is 35.0 Å². The quantitative estimate of drug-likeness (QED) is 0.843. The number of aromatic amines is 1. The van der Waals surface area contributed by atoms with Crippen molar-refractivity contribution < 1.29 is 4.74 Å². The van der Waals surface area contributed by atoms with Crippen LogP contribution in [-0.4, -0.2) is 25.2 Å². The number of hydrogen-bond acceptors (Lipinski definition) is 2. The summed E-state index contributed by atoms with van der Waals surface area (Å²) in [5.41, 5.74) is 2.13. The number of fused-ring (bicyclic) bond motifs is 1. The molecule has 0 saturated carbocycles. The van der Waals surface area contributed by atoms with Gasteiger partial charge in [-0.15, -0.1) is 0 Å². The normalized spacial score (nSPS) is 13.1. The number of halogens is 1. The number of H-pyrrole nitrogens is 1. The average molecular weight is 267 g/mol. The summed E-state index contributed by atoms with van der Waals surface area (Å²) in [6, 6.07) is 8.08. The third-order valence-corrected chi connectivity index (χ3v) is 3.39. The molecule has 0 aliphatic carbocycles. The van der Waals surface area contributed by atoms with E-state index in [2.05, 4.69) is 17.2 Å². The predicted octanol–water partition coefficient (Wildman–Crippen LogP) is 3.19. The number of aromatic nitrogens is 1. The van der Waals surface area contributed by atoms with Crippen molar-refractivity contribution in [2.24, 2.45) is 5.92 Å².